The Morgan fingerprint density at radius 2 is 1.66 bits per heavy atom. The van der Waals surface area contributed by atoms with Gasteiger partial charge in [-0.3, -0.25) is 9.59 Å². The first-order valence-electron chi connectivity index (χ1n) is 16.1. The number of thioether (sulfide) groups is 1. The lowest BCUT2D eigenvalue weighted by Crippen LogP contribution is -2.31. The van der Waals surface area contributed by atoms with Gasteiger partial charge in [-0.25, -0.2) is 0 Å². The molecule has 1 aromatic heterocycles. The number of para-hydroxylation sites is 2. The number of carbonyl (C=O) groups excluding carboxylic acids is 2. The van der Waals surface area contributed by atoms with Gasteiger partial charge in [-0.1, -0.05) is 60.3 Å². The lowest BCUT2D eigenvalue weighted by atomic mass is 10.0. The zero-order valence-corrected chi connectivity index (χ0v) is 27.8. The molecule has 6 rings (SSSR count). The number of phenolic OH excluding ortho intramolecular Hbond substituents is 1. The molecule has 1 fully saturated rings. The number of nitrogen functional groups attached to an aromatic ring is 1. The molecule has 14 heteroatoms. The van der Waals surface area contributed by atoms with E-state index in [1.807, 2.05) is 42.5 Å². The number of hydrogen-bond donors (Lipinski definition) is 5. The average molecular weight is 696 g/mol. The molecule has 4 aromatic carbocycles. The summed E-state index contributed by atoms with van der Waals surface area (Å²) in [6.07, 6.45) is -0.0528. The maximum Gasteiger partial charge on any atom is 0.224 e. The van der Waals surface area contributed by atoms with Crippen LogP contribution in [-0.2, 0) is 25.7 Å². The zero-order valence-electron chi connectivity index (χ0n) is 27.0. The molecule has 0 aliphatic carbocycles. The SMILES string of the molecule is Nc1ccccc1NC(=O)CCCC(=O)Nc1cccc([C@H]2O[C@@H](CSc3nnnn3-c3ccc(O)cc3)C[C@@H](c3ccc(CO)cc3)O2)c1. The molecule has 50 heavy (non-hydrogen) atoms. The standard InChI is InChI=1S/C36H37N7O6S/c37-30-7-1-2-8-31(30)39-34(47)10-4-9-33(46)38-26-6-3-5-25(19-26)35-48-29(20-32(49-35)24-13-11-23(21-44)12-14-24)22-50-36-40-41-42-43(36)27-15-17-28(45)18-16-27/h1-3,5-8,11-19,29,32,35,44-45H,4,9-10,20-22,37H2,(H,38,46)(H,39,47)/t29-,32+,35+/m1/s1. The summed E-state index contributed by atoms with van der Waals surface area (Å²) in [5.74, 6) is 0.232. The Kier molecular flexibility index (Phi) is 11.4. The van der Waals surface area contributed by atoms with Crippen molar-refractivity contribution in [2.24, 2.45) is 0 Å². The minimum Gasteiger partial charge on any atom is -0.508 e. The van der Waals surface area contributed by atoms with Gasteiger partial charge in [0.25, 0.3) is 0 Å². The molecule has 2 heterocycles. The van der Waals surface area contributed by atoms with Gasteiger partial charge in [0.2, 0.25) is 17.0 Å². The third kappa shape index (κ3) is 9.03. The lowest BCUT2D eigenvalue weighted by molar-refractivity contribution is -0.245. The molecule has 1 saturated heterocycles. The molecular formula is C36H37N7O6S. The molecule has 5 aromatic rings. The highest BCUT2D eigenvalue weighted by Crippen LogP contribution is 2.40. The van der Waals surface area contributed by atoms with E-state index in [-0.39, 0.29) is 49.2 Å². The number of tetrazole rings is 1. The number of anilines is 3. The van der Waals surface area contributed by atoms with E-state index in [9.17, 15) is 19.8 Å². The highest BCUT2D eigenvalue weighted by molar-refractivity contribution is 7.99. The van der Waals surface area contributed by atoms with Crippen molar-refractivity contribution in [3.63, 3.8) is 0 Å². The van der Waals surface area contributed by atoms with Gasteiger partial charge in [0.1, 0.15) is 5.75 Å². The number of ether oxygens (including phenoxy) is 2. The Morgan fingerprint density at radius 1 is 0.900 bits per heavy atom. The number of aromatic hydroxyl groups is 1. The summed E-state index contributed by atoms with van der Waals surface area (Å²) in [7, 11) is 0. The normalized spacial score (nSPS) is 17.3. The number of rotatable bonds is 13. The van der Waals surface area contributed by atoms with Crippen molar-refractivity contribution in [1.82, 2.24) is 20.2 Å². The molecule has 0 radical (unpaired) electrons. The second-order valence-electron chi connectivity index (χ2n) is 11.7. The molecule has 0 saturated carbocycles. The summed E-state index contributed by atoms with van der Waals surface area (Å²) >= 11 is 1.44. The molecule has 1 aliphatic heterocycles. The van der Waals surface area contributed by atoms with Crippen molar-refractivity contribution in [3.05, 3.63) is 114 Å². The number of aromatic nitrogens is 4. The fourth-order valence-corrected chi connectivity index (χ4v) is 6.34. The number of phenols is 1. The molecule has 0 spiro atoms. The van der Waals surface area contributed by atoms with Crippen molar-refractivity contribution in [3.8, 4) is 11.4 Å². The van der Waals surface area contributed by atoms with Gasteiger partial charge in [-0.2, -0.15) is 4.68 Å². The van der Waals surface area contributed by atoms with Gasteiger partial charge < -0.3 is 36.1 Å². The number of aliphatic hydroxyl groups excluding tert-OH is 1. The first kappa shape index (κ1) is 34.6. The van der Waals surface area contributed by atoms with Gasteiger partial charge in [0.05, 0.1) is 35.9 Å². The quantitative estimate of drug-likeness (QED) is 0.0770. The van der Waals surface area contributed by atoms with Gasteiger partial charge in [0, 0.05) is 36.3 Å². The Labute approximate surface area is 292 Å². The minimum atomic E-state index is -0.740. The first-order valence-corrected chi connectivity index (χ1v) is 17.1. The number of hydrogen-bond acceptors (Lipinski definition) is 11. The van der Waals surface area contributed by atoms with Crippen LogP contribution in [0, 0.1) is 0 Å². The monoisotopic (exact) mass is 695 g/mol. The summed E-state index contributed by atoms with van der Waals surface area (Å²) < 4.78 is 14.6. The highest BCUT2D eigenvalue weighted by atomic mass is 32.2. The second kappa shape index (κ2) is 16.4. The fourth-order valence-electron chi connectivity index (χ4n) is 5.43. The first-order chi connectivity index (χ1) is 24.3. The Bertz CT molecular complexity index is 1900. The minimum absolute atomic E-state index is 0.0545. The van der Waals surface area contributed by atoms with Gasteiger partial charge >= 0.3 is 0 Å². The Hall–Kier alpha value is -5.28. The summed E-state index contributed by atoms with van der Waals surface area (Å²) in [5.41, 5.74) is 10.7. The van der Waals surface area contributed by atoms with E-state index in [0.29, 0.717) is 46.5 Å². The third-order valence-electron chi connectivity index (χ3n) is 8.03. The fraction of sp³-hybridized carbons (Fsp3) is 0.250. The van der Waals surface area contributed by atoms with Gasteiger partial charge in [-0.05, 0) is 76.5 Å². The van der Waals surface area contributed by atoms with Crippen LogP contribution in [0.3, 0.4) is 0 Å². The van der Waals surface area contributed by atoms with Gasteiger partial charge in [0.15, 0.2) is 6.29 Å². The molecule has 0 bridgehead atoms. The van der Waals surface area contributed by atoms with Crippen molar-refractivity contribution >= 4 is 40.6 Å². The number of carbonyl (C=O) groups is 2. The summed E-state index contributed by atoms with van der Waals surface area (Å²) in [5, 5.41) is 37.6. The van der Waals surface area contributed by atoms with Crippen LogP contribution in [0.4, 0.5) is 17.1 Å². The Balaban J connectivity index is 1.10. The summed E-state index contributed by atoms with van der Waals surface area (Å²) in [4.78, 5) is 25.2. The molecular weight excluding hydrogens is 659 g/mol. The highest BCUT2D eigenvalue weighted by Gasteiger charge is 2.33. The van der Waals surface area contributed by atoms with E-state index < -0.39 is 6.29 Å². The molecule has 13 nitrogen and oxygen atoms in total. The van der Waals surface area contributed by atoms with Gasteiger partial charge in [-0.15, -0.1) is 5.10 Å². The van der Waals surface area contributed by atoms with Crippen LogP contribution in [0.15, 0.2) is 102 Å². The van der Waals surface area contributed by atoms with Crippen molar-refractivity contribution < 1.29 is 29.3 Å². The molecule has 1 aliphatic rings. The molecule has 0 unspecified atom stereocenters. The number of nitrogens with two attached hydrogens (primary N) is 1. The maximum atomic E-state index is 12.8. The molecule has 2 amide bonds. The molecule has 6 N–H and O–H groups in total. The van der Waals surface area contributed by atoms with E-state index in [0.717, 1.165) is 16.7 Å². The van der Waals surface area contributed by atoms with Crippen LogP contribution >= 0.6 is 11.8 Å². The number of amides is 2. The number of aliphatic hydroxyl groups is 1. The predicted molar refractivity (Wildman–Crippen MR) is 188 cm³/mol. The lowest BCUT2D eigenvalue weighted by Gasteiger charge is -2.36. The van der Waals surface area contributed by atoms with Crippen molar-refractivity contribution in [2.75, 3.05) is 22.1 Å². The maximum absolute atomic E-state index is 12.8. The van der Waals surface area contributed by atoms with Crippen molar-refractivity contribution in [1.29, 1.82) is 0 Å². The third-order valence-corrected chi connectivity index (χ3v) is 9.08. The van der Waals surface area contributed by atoms with Crippen LogP contribution in [-0.4, -0.2) is 54.1 Å². The van der Waals surface area contributed by atoms with Crippen LogP contribution in [0.2, 0.25) is 0 Å². The van der Waals surface area contributed by atoms with E-state index in [1.54, 1.807) is 59.3 Å². The predicted octanol–water partition coefficient (Wildman–Crippen LogP) is 5.53. The molecule has 3 atom stereocenters. The van der Waals surface area contributed by atoms with E-state index in [4.69, 9.17) is 15.2 Å². The van der Waals surface area contributed by atoms with Crippen LogP contribution in [0.25, 0.3) is 5.69 Å². The summed E-state index contributed by atoms with van der Waals surface area (Å²) in [6.45, 7) is -0.0545. The topological polar surface area (TPSA) is 187 Å². The van der Waals surface area contributed by atoms with Crippen LogP contribution in [0.1, 0.15) is 54.8 Å². The smallest absolute Gasteiger partial charge is 0.224 e. The number of nitrogens with one attached hydrogen (secondary N) is 2. The molecule has 258 valence electrons. The van der Waals surface area contributed by atoms with E-state index in [1.165, 1.54) is 11.8 Å². The van der Waals surface area contributed by atoms with Crippen molar-refractivity contribution in [2.45, 2.75) is 55.9 Å². The average Bonchev–Trinajstić information content (AvgIpc) is 3.61. The largest absolute Gasteiger partial charge is 0.508 e. The zero-order chi connectivity index (χ0) is 34.9. The number of benzene rings is 4. The number of nitrogens with zero attached hydrogens (tertiary/aromatic N) is 4. The second-order valence-corrected chi connectivity index (χ2v) is 12.7. The van der Waals surface area contributed by atoms with Crippen LogP contribution in [0.5, 0.6) is 5.75 Å². The van der Waals surface area contributed by atoms with E-state index in [2.05, 4.69) is 26.2 Å². The van der Waals surface area contributed by atoms with E-state index >= 15 is 0 Å². The Morgan fingerprint density at radius 3 is 2.42 bits per heavy atom. The summed E-state index contributed by atoms with van der Waals surface area (Å²) in [6, 6.07) is 28.6. The van der Waals surface area contributed by atoms with Crippen LogP contribution < -0.4 is 16.4 Å².